The zero-order chi connectivity index (χ0) is 24.2. The van der Waals surface area contributed by atoms with Crippen LogP contribution in [0.5, 0.6) is 0 Å². The van der Waals surface area contributed by atoms with Gasteiger partial charge in [-0.05, 0) is 36.8 Å². The molecule has 1 amide bonds. The lowest BCUT2D eigenvalue weighted by Crippen LogP contribution is -2.49. The molecular weight excluding hydrogens is 459 g/mol. The minimum atomic E-state index is -4.49. The number of hydrogen-bond donors (Lipinski definition) is 2. The van der Waals surface area contributed by atoms with Gasteiger partial charge in [0, 0.05) is 43.5 Å². The Balaban J connectivity index is 1.49. The standard InChI is InChI=1S/C22H30F3N3O4S/c1-13(2)21(5-3-16(8-21)27-18-11-33(31,32)12-19(18)29)20(30)28-6-4-17-14(10-28)7-15(9-26-17)22(23,24)25/h7,9,13,16,18-19,27,29H,3-6,8,10-12H2,1-2H3/t16?,18-,19-,21+/m0/s1. The Labute approximate surface area is 191 Å². The molecule has 3 aliphatic rings. The third-order valence-corrected chi connectivity index (χ3v) is 9.22. The van der Waals surface area contributed by atoms with Crippen LogP contribution in [0.25, 0.3) is 0 Å². The summed E-state index contributed by atoms with van der Waals surface area (Å²) in [6.07, 6.45) is -2.45. The number of aliphatic hydroxyl groups excluding tert-OH is 1. The molecule has 4 rings (SSSR count). The summed E-state index contributed by atoms with van der Waals surface area (Å²) in [5.41, 5.74) is -0.486. The molecule has 33 heavy (non-hydrogen) atoms. The fraction of sp³-hybridized carbons (Fsp3) is 0.727. The number of hydrogen-bond acceptors (Lipinski definition) is 6. The van der Waals surface area contributed by atoms with Gasteiger partial charge in [0.15, 0.2) is 9.84 Å². The van der Waals surface area contributed by atoms with Crippen LogP contribution >= 0.6 is 0 Å². The Morgan fingerprint density at radius 3 is 2.67 bits per heavy atom. The second kappa shape index (κ2) is 8.49. The fourth-order valence-corrected chi connectivity index (χ4v) is 7.30. The molecule has 184 valence electrons. The molecule has 0 spiro atoms. The maximum atomic E-state index is 13.7. The van der Waals surface area contributed by atoms with Crippen LogP contribution in [0, 0.1) is 11.3 Å². The molecule has 0 bridgehead atoms. The molecule has 0 aromatic carbocycles. The van der Waals surface area contributed by atoms with Gasteiger partial charge in [0.1, 0.15) is 0 Å². The number of nitrogens with zero attached hydrogens (tertiary/aromatic N) is 2. The number of amides is 1. The number of pyridine rings is 1. The summed E-state index contributed by atoms with van der Waals surface area (Å²) in [6, 6.07) is 0.428. The van der Waals surface area contributed by atoms with Gasteiger partial charge < -0.3 is 15.3 Å². The summed E-state index contributed by atoms with van der Waals surface area (Å²) in [5, 5.41) is 13.4. The van der Waals surface area contributed by atoms with Crippen LogP contribution < -0.4 is 5.32 Å². The molecule has 1 unspecified atom stereocenters. The molecule has 0 radical (unpaired) electrons. The van der Waals surface area contributed by atoms with Crippen LogP contribution in [0.2, 0.25) is 0 Å². The van der Waals surface area contributed by atoms with Crippen LogP contribution in [0.15, 0.2) is 12.3 Å². The van der Waals surface area contributed by atoms with Crippen LogP contribution in [0.3, 0.4) is 0 Å². The van der Waals surface area contributed by atoms with Crippen LogP contribution in [-0.4, -0.2) is 65.6 Å². The minimum Gasteiger partial charge on any atom is -0.390 e. The topological polar surface area (TPSA) is 99.6 Å². The van der Waals surface area contributed by atoms with E-state index in [4.69, 9.17) is 0 Å². The largest absolute Gasteiger partial charge is 0.417 e. The highest BCUT2D eigenvalue weighted by molar-refractivity contribution is 7.91. The molecule has 1 aromatic heterocycles. The summed E-state index contributed by atoms with van der Waals surface area (Å²) in [4.78, 5) is 19.3. The summed E-state index contributed by atoms with van der Waals surface area (Å²) < 4.78 is 63.0. The van der Waals surface area contributed by atoms with E-state index < -0.39 is 39.1 Å². The molecule has 3 heterocycles. The van der Waals surface area contributed by atoms with Crippen molar-refractivity contribution in [2.75, 3.05) is 18.1 Å². The van der Waals surface area contributed by atoms with Crippen molar-refractivity contribution in [2.24, 2.45) is 11.3 Å². The summed E-state index contributed by atoms with van der Waals surface area (Å²) in [6.45, 7) is 4.43. The van der Waals surface area contributed by atoms with E-state index in [-0.39, 0.29) is 35.9 Å². The van der Waals surface area contributed by atoms with E-state index in [0.29, 0.717) is 43.5 Å². The minimum absolute atomic E-state index is 0.00457. The van der Waals surface area contributed by atoms with Gasteiger partial charge in [0.05, 0.1) is 28.6 Å². The first-order valence-corrected chi connectivity index (χ1v) is 13.1. The number of fused-ring (bicyclic) bond motifs is 1. The molecule has 1 saturated heterocycles. The number of aromatic nitrogens is 1. The second-order valence-electron chi connectivity index (χ2n) is 9.97. The zero-order valence-electron chi connectivity index (χ0n) is 18.7. The number of halogens is 3. The third-order valence-electron chi connectivity index (χ3n) is 7.51. The fourth-order valence-electron chi connectivity index (χ4n) is 5.54. The van der Waals surface area contributed by atoms with Crippen molar-refractivity contribution in [3.8, 4) is 0 Å². The van der Waals surface area contributed by atoms with Gasteiger partial charge in [0.25, 0.3) is 0 Å². The van der Waals surface area contributed by atoms with E-state index in [1.165, 1.54) is 0 Å². The van der Waals surface area contributed by atoms with Crippen molar-refractivity contribution in [1.82, 2.24) is 15.2 Å². The molecule has 11 heteroatoms. The first kappa shape index (κ1) is 24.4. The van der Waals surface area contributed by atoms with Crippen LogP contribution in [-0.2, 0) is 33.8 Å². The van der Waals surface area contributed by atoms with Crippen molar-refractivity contribution < 1.29 is 31.5 Å². The Bertz CT molecular complexity index is 1030. The molecule has 2 aliphatic heterocycles. The highest BCUT2D eigenvalue weighted by Crippen LogP contribution is 2.47. The lowest BCUT2D eigenvalue weighted by Gasteiger charge is -2.39. The number of sulfone groups is 1. The average Bonchev–Trinajstić information content (AvgIpc) is 3.26. The summed E-state index contributed by atoms with van der Waals surface area (Å²) in [7, 11) is -3.28. The van der Waals surface area contributed by atoms with Crippen LogP contribution in [0.1, 0.15) is 49.9 Å². The molecular formula is C22H30F3N3O4S. The van der Waals surface area contributed by atoms with Crippen molar-refractivity contribution in [3.63, 3.8) is 0 Å². The normalized spacial score (nSPS) is 31.7. The van der Waals surface area contributed by atoms with Crippen molar-refractivity contribution in [2.45, 2.75) is 70.4 Å². The number of aliphatic hydroxyl groups is 1. The van der Waals surface area contributed by atoms with Gasteiger partial charge >= 0.3 is 6.18 Å². The number of nitrogens with one attached hydrogen (secondary N) is 1. The molecule has 2 fully saturated rings. The van der Waals surface area contributed by atoms with E-state index in [9.17, 15) is 31.5 Å². The predicted octanol–water partition coefficient (Wildman–Crippen LogP) is 1.93. The third kappa shape index (κ3) is 4.77. The van der Waals surface area contributed by atoms with E-state index in [0.717, 1.165) is 12.3 Å². The maximum absolute atomic E-state index is 13.7. The van der Waals surface area contributed by atoms with Crippen molar-refractivity contribution >= 4 is 15.7 Å². The van der Waals surface area contributed by atoms with Gasteiger partial charge in [-0.2, -0.15) is 13.2 Å². The predicted molar refractivity (Wildman–Crippen MR) is 115 cm³/mol. The number of carbonyl (C=O) groups is 1. The van der Waals surface area contributed by atoms with Crippen molar-refractivity contribution in [1.29, 1.82) is 0 Å². The van der Waals surface area contributed by atoms with Gasteiger partial charge in [-0.25, -0.2) is 8.42 Å². The first-order chi connectivity index (χ1) is 15.3. The highest BCUT2D eigenvalue weighted by Gasteiger charge is 2.50. The molecule has 1 saturated carbocycles. The Morgan fingerprint density at radius 1 is 1.33 bits per heavy atom. The van der Waals surface area contributed by atoms with E-state index in [2.05, 4.69) is 10.3 Å². The van der Waals surface area contributed by atoms with Gasteiger partial charge in [-0.1, -0.05) is 13.8 Å². The zero-order valence-corrected chi connectivity index (χ0v) is 19.5. The van der Waals surface area contributed by atoms with Gasteiger partial charge in [0.2, 0.25) is 5.91 Å². The molecule has 1 aromatic rings. The SMILES string of the molecule is CC(C)[C@@]1(C(=O)N2CCc3ncc(C(F)(F)F)cc3C2)CCC(N[C@H]2CS(=O)(=O)C[C@@H]2O)C1. The maximum Gasteiger partial charge on any atom is 0.417 e. The smallest absolute Gasteiger partial charge is 0.390 e. The van der Waals surface area contributed by atoms with Crippen molar-refractivity contribution in [3.05, 3.63) is 29.1 Å². The molecule has 7 nitrogen and oxygen atoms in total. The van der Waals surface area contributed by atoms with E-state index in [1.54, 1.807) is 4.90 Å². The highest BCUT2D eigenvalue weighted by atomic mass is 32.2. The Kier molecular flexibility index (Phi) is 6.28. The van der Waals surface area contributed by atoms with E-state index >= 15 is 0 Å². The molecule has 2 N–H and O–H groups in total. The quantitative estimate of drug-likeness (QED) is 0.671. The van der Waals surface area contributed by atoms with E-state index in [1.807, 2.05) is 13.8 Å². The lowest BCUT2D eigenvalue weighted by atomic mass is 9.74. The number of rotatable bonds is 4. The van der Waals surface area contributed by atoms with Gasteiger partial charge in [-0.3, -0.25) is 9.78 Å². The lowest BCUT2D eigenvalue weighted by molar-refractivity contribution is -0.146. The second-order valence-corrected chi connectivity index (χ2v) is 12.1. The summed E-state index contributed by atoms with van der Waals surface area (Å²) in [5.74, 6) is -0.461. The molecule has 4 atom stereocenters. The average molecular weight is 490 g/mol. The first-order valence-electron chi connectivity index (χ1n) is 11.3. The monoisotopic (exact) mass is 489 g/mol. The summed E-state index contributed by atoms with van der Waals surface area (Å²) >= 11 is 0. The number of carbonyl (C=O) groups excluding carboxylic acids is 1. The van der Waals surface area contributed by atoms with Crippen LogP contribution in [0.4, 0.5) is 13.2 Å². The number of alkyl halides is 3. The Hall–Kier alpha value is -1.72. The Morgan fingerprint density at radius 2 is 2.06 bits per heavy atom. The van der Waals surface area contributed by atoms with Gasteiger partial charge in [-0.15, -0.1) is 0 Å². The molecule has 1 aliphatic carbocycles.